The Morgan fingerprint density at radius 1 is 1.18 bits per heavy atom. The van der Waals surface area contributed by atoms with Crippen LogP contribution in [0.1, 0.15) is 29.3 Å². The number of halogens is 6. The third-order valence-corrected chi connectivity index (χ3v) is 4.07. The molecule has 2 unspecified atom stereocenters. The van der Waals surface area contributed by atoms with Gasteiger partial charge in [-0.1, -0.05) is 0 Å². The number of carbonyl (C=O) groups is 3. The number of alkyl halides is 6. The molecule has 0 aromatic heterocycles. The van der Waals surface area contributed by atoms with Crippen molar-refractivity contribution in [2.45, 2.75) is 31.9 Å². The highest BCUT2D eigenvalue weighted by Gasteiger charge is 2.54. The first-order valence-electron chi connectivity index (χ1n) is 7.48. The minimum atomic E-state index is -5.22. The number of nitro benzene ring substituents is 1. The van der Waals surface area contributed by atoms with Crippen LogP contribution in [0.3, 0.4) is 0 Å². The summed E-state index contributed by atoms with van der Waals surface area (Å²) < 4.78 is 77.3. The molecule has 0 aliphatic carbocycles. The molecule has 1 aromatic rings. The van der Waals surface area contributed by atoms with Gasteiger partial charge in [-0.25, -0.2) is 4.90 Å². The summed E-state index contributed by atoms with van der Waals surface area (Å²) in [4.78, 5) is 45.7. The topological polar surface area (TPSA) is 97.6 Å². The highest BCUT2D eigenvalue weighted by molar-refractivity contribution is 6.25. The summed E-state index contributed by atoms with van der Waals surface area (Å²) in [6, 6.07) is -0.941. The van der Waals surface area contributed by atoms with Crippen molar-refractivity contribution in [1.29, 1.82) is 0 Å². The minimum absolute atomic E-state index is 0.00909. The summed E-state index contributed by atoms with van der Waals surface area (Å²) in [5.41, 5.74) is -3.93. The van der Waals surface area contributed by atoms with Gasteiger partial charge in [-0.2, -0.15) is 13.2 Å². The molecule has 0 saturated carbocycles. The Labute approximate surface area is 152 Å². The molecule has 2 rings (SSSR count). The number of amides is 1. The molecule has 28 heavy (non-hydrogen) atoms. The predicted octanol–water partition coefficient (Wildman–Crippen LogP) is 3.12. The molecule has 1 aliphatic rings. The first-order valence-corrected chi connectivity index (χ1v) is 7.48. The van der Waals surface area contributed by atoms with E-state index in [1.165, 1.54) is 0 Å². The quantitative estimate of drug-likeness (QED) is 0.190. The maximum Gasteiger partial charge on any atom is 0.487 e. The summed E-state index contributed by atoms with van der Waals surface area (Å²) in [5.74, 6) is -7.35. The fourth-order valence-corrected chi connectivity index (χ4v) is 2.85. The molecule has 0 radical (unpaired) electrons. The van der Waals surface area contributed by atoms with Gasteiger partial charge in [-0.05, 0) is 19.1 Å². The van der Waals surface area contributed by atoms with Gasteiger partial charge in [0.25, 0.3) is 5.69 Å². The number of nitro groups is 1. The van der Waals surface area contributed by atoms with E-state index in [-0.39, 0.29) is 6.07 Å². The fourth-order valence-electron chi connectivity index (χ4n) is 2.85. The summed E-state index contributed by atoms with van der Waals surface area (Å²) in [6.45, 7) is 0.921. The predicted molar refractivity (Wildman–Crippen MR) is 77.9 cm³/mol. The number of nitrogens with zero attached hydrogens (tertiary/aromatic N) is 2. The van der Waals surface area contributed by atoms with Gasteiger partial charge in [0.2, 0.25) is 5.91 Å². The van der Waals surface area contributed by atoms with Crippen LogP contribution in [-0.2, 0) is 15.8 Å². The molecule has 0 N–H and O–H groups in total. The first kappa shape index (κ1) is 21.3. The van der Waals surface area contributed by atoms with Gasteiger partial charge in [-0.3, -0.25) is 24.5 Å². The van der Waals surface area contributed by atoms with Crippen molar-refractivity contribution in [1.82, 2.24) is 4.90 Å². The summed E-state index contributed by atoms with van der Waals surface area (Å²) in [7, 11) is 0. The van der Waals surface area contributed by atoms with Gasteiger partial charge in [-0.15, -0.1) is 13.2 Å². The van der Waals surface area contributed by atoms with Gasteiger partial charge >= 0.3 is 12.5 Å². The largest absolute Gasteiger partial charge is 0.487 e. The van der Waals surface area contributed by atoms with Crippen LogP contribution in [0.2, 0.25) is 0 Å². The highest BCUT2D eigenvalue weighted by atomic mass is 19.4. The van der Waals surface area contributed by atoms with E-state index in [1.54, 1.807) is 0 Å². The molecule has 1 saturated heterocycles. The van der Waals surface area contributed by atoms with E-state index in [4.69, 9.17) is 0 Å². The zero-order valence-electron chi connectivity index (χ0n) is 13.8. The van der Waals surface area contributed by atoms with Crippen LogP contribution < -0.4 is 0 Å². The van der Waals surface area contributed by atoms with Gasteiger partial charge in [0.15, 0.2) is 17.5 Å². The molecule has 0 spiro atoms. The van der Waals surface area contributed by atoms with Crippen LogP contribution in [0.5, 0.6) is 0 Å². The molecule has 13 heteroatoms. The third-order valence-electron chi connectivity index (χ3n) is 4.07. The van der Waals surface area contributed by atoms with Crippen LogP contribution in [0, 0.1) is 16.0 Å². The van der Waals surface area contributed by atoms with E-state index in [1.807, 2.05) is 0 Å². The Kier molecular flexibility index (Phi) is 5.23. The molecule has 152 valence electrons. The second-order valence-corrected chi connectivity index (χ2v) is 5.98. The van der Waals surface area contributed by atoms with E-state index in [0.29, 0.717) is 12.1 Å². The van der Waals surface area contributed by atoms with E-state index in [0.717, 1.165) is 6.92 Å². The van der Waals surface area contributed by atoms with Crippen molar-refractivity contribution in [2.75, 3.05) is 0 Å². The monoisotopic (exact) mass is 412 g/mol. The maximum atomic E-state index is 13.0. The number of piperidine rings is 1. The molecular weight excluding hydrogens is 402 g/mol. The molecule has 2 atom stereocenters. The molecular formula is C15H10F6N2O5. The van der Waals surface area contributed by atoms with E-state index in [9.17, 15) is 50.8 Å². The lowest BCUT2D eigenvalue weighted by atomic mass is 9.84. The van der Waals surface area contributed by atoms with Gasteiger partial charge in [0.05, 0.1) is 16.1 Å². The second kappa shape index (κ2) is 6.87. The van der Waals surface area contributed by atoms with E-state index >= 15 is 0 Å². The second-order valence-electron chi connectivity index (χ2n) is 5.98. The summed E-state index contributed by atoms with van der Waals surface area (Å²) in [6.07, 6.45) is -11.1. The fraction of sp³-hybridized carbons (Fsp3) is 0.400. The Morgan fingerprint density at radius 3 is 2.21 bits per heavy atom. The average molecular weight is 412 g/mol. The van der Waals surface area contributed by atoms with Crippen LogP contribution >= 0.6 is 0 Å². The number of hydrogen-bond acceptors (Lipinski definition) is 5. The standard InChI is InChI=1S/C15H10F6N2O5/c1-6-4-10(24)11(13(26)22(6)15(19,20)21)12(25)8-3-2-7(14(16,17)18)5-9(8)23(27)28/h2-3,5-6,11H,4H2,1H3. The van der Waals surface area contributed by atoms with Gasteiger partial charge < -0.3 is 0 Å². The minimum Gasteiger partial charge on any atom is -0.298 e. The molecule has 1 amide bonds. The summed E-state index contributed by atoms with van der Waals surface area (Å²) in [5, 5.41) is 11.1. The molecule has 1 heterocycles. The van der Waals surface area contributed by atoms with Crippen molar-refractivity contribution < 1.29 is 45.6 Å². The normalized spacial score (nSPS) is 21.0. The molecule has 1 fully saturated rings. The molecule has 1 aliphatic heterocycles. The number of ketones is 2. The third kappa shape index (κ3) is 3.82. The molecule has 1 aromatic carbocycles. The van der Waals surface area contributed by atoms with Crippen molar-refractivity contribution in [3.8, 4) is 0 Å². The number of Topliss-reactive ketones (excluding diaryl/α,β-unsaturated/α-hetero) is 2. The number of likely N-dealkylation sites (tertiary alicyclic amines) is 1. The van der Waals surface area contributed by atoms with Gasteiger partial charge in [0.1, 0.15) is 0 Å². The Hall–Kier alpha value is -2.99. The van der Waals surface area contributed by atoms with E-state index in [2.05, 4.69) is 0 Å². The number of benzene rings is 1. The van der Waals surface area contributed by atoms with E-state index < -0.39 is 75.0 Å². The Morgan fingerprint density at radius 2 is 1.75 bits per heavy atom. The lowest BCUT2D eigenvalue weighted by molar-refractivity contribution is -0.385. The molecule has 7 nitrogen and oxygen atoms in total. The lowest BCUT2D eigenvalue weighted by Crippen LogP contribution is -2.58. The zero-order chi connectivity index (χ0) is 21.6. The Balaban J connectivity index is 2.54. The van der Waals surface area contributed by atoms with Crippen molar-refractivity contribution in [3.05, 3.63) is 39.4 Å². The van der Waals surface area contributed by atoms with Crippen molar-refractivity contribution >= 4 is 23.2 Å². The number of carbonyl (C=O) groups excluding carboxylic acids is 3. The van der Waals surface area contributed by atoms with Crippen LogP contribution in [0.15, 0.2) is 18.2 Å². The average Bonchev–Trinajstić information content (AvgIpc) is 2.51. The molecule has 0 bridgehead atoms. The van der Waals surface area contributed by atoms with Crippen LogP contribution in [0.4, 0.5) is 32.0 Å². The van der Waals surface area contributed by atoms with Crippen molar-refractivity contribution in [2.24, 2.45) is 5.92 Å². The number of rotatable bonds is 3. The highest BCUT2D eigenvalue weighted by Crippen LogP contribution is 2.36. The number of hydrogen-bond donors (Lipinski definition) is 0. The van der Waals surface area contributed by atoms with Gasteiger partial charge in [0, 0.05) is 18.5 Å². The van der Waals surface area contributed by atoms with Crippen molar-refractivity contribution in [3.63, 3.8) is 0 Å². The summed E-state index contributed by atoms with van der Waals surface area (Å²) >= 11 is 0. The SMILES string of the molecule is CC1CC(=O)C(C(=O)c2ccc(C(F)(F)F)cc2[N+](=O)[O-])C(=O)N1C(F)(F)F. The van der Waals surface area contributed by atoms with Crippen LogP contribution in [-0.4, -0.2) is 39.6 Å². The Bertz CT molecular complexity index is 863. The lowest BCUT2D eigenvalue weighted by Gasteiger charge is -2.36. The first-order chi connectivity index (χ1) is 12.7. The smallest absolute Gasteiger partial charge is 0.298 e. The zero-order valence-corrected chi connectivity index (χ0v) is 13.8. The maximum absolute atomic E-state index is 13.0. The van der Waals surface area contributed by atoms with Crippen LogP contribution in [0.25, 0.3) is 0 Å².